The summed E-state index contributed by atoms with van der Waals surface area (Å²) in [5, 5.41) is 3.11. The van der Waals surface area contributed by atoms with E-state index in [2.05, 4.69) is 12.2 Å². The highest BCUT2D eigenvalue weighted by atomic mass is 16.5. The summed E-state index contributed by atoms with van der Waals surface area (Å²) in [5.74, 6) is 0.870. The lowest BCUT2D eigenvalue weighted by Crippen LogP contribution is -2.54. The second-order valence-electron chi connectivity index (χ2n) is 6.59. The van der Waals surface area contributed by atoms with Crippen LogP contribution in [-0.2, 0) is 9.53 Å². The maximum atomic E-state index is 12.5. The fourth-order valence-electron chi connectivity index (χ4n) is 3.29. The molecule has 0 bridgehead atoms. The highest BCUT2D eigenvalue weighted by Gasteiger charge is 2.42. The number of methoxy groups -OCH3 is 1. The molecule has 4 heteroatoms. The van der Waals surface area contributed by atoms with Gasteiger partial charge in [-0.2, -0.15) is 0 Å². The molecule has 110 valence electrons. The van der Waals surface area contributed by atoms with E-state index in [9.17, 15) is 4.79 Å². The molecule has 1 amide bonds. The molecule has 2 saturated carbocycles. The van der Waals surface area contributed by atoms with Crippen molar-refractivity contribution in [1.82, 2.24) is 5.32 Å². The van der Waals surface area contributed by atoms with Crippen molar-refractivity contribution in [1.29, 1.82) is 0 Å². The van der Waals surface area contributed by atoms with Gasteiger partial charge in [-0.15, -0.1) is 0 Å². The fraction of sp³-hybridized carbons (Fsp3) is 0.933. The molecule has 0 aromatic rings. The van der Waals surface area contributed by atoms with Crippen molar-refractivity contribution >= 4 is 5.91 Å². The molecule has 0 heterocycles. The third kappa shape index (κ3) is 2.95. The van der Waals surface area contributed by atoms with Crippen molar-refractivity contribution in [2.75, 3.05) is 20.2 Å². The predicted octanol–water partition coefficient (Wildman–Crippen LogP) is 1.83. The molecular weight excluding hydrogens is 240 g/mol. The fourth-order valence-corrected chi connectivity index (χ4v) is 3.29. The molecule has 19 heavy (non-hydrogen) atoms. The number of nitrogens with one attached hydrogen (secondary N) is 1. The van der Waals surface area contributed by atoms with Gasteiger partial charge in [-0.3, -0.25) is 4.79 Å². The normalized spacial score (nSPS) is 33.5. The van der Waals surface area contributed by atoms with E-state index in [1.165, 1.54) is 6.42 Å². The van der Waals surface area contributed by atoms with Gasteiger partial charge in [0.25, 0.3) is 0 Å². The summed E-state index contributed by atoms with van der Waals surface area (Å²) in [6, 6.07) is 0. The van der Waals surface area contributed by atoms with Gasteiger partial charge in [0.05, 0.1) is 11.0 Å². The van der Waals surface area contributed by atoms with Crippen LogP contribution >= 0.6 is 0 Å². The molecule has 0 aliphatic heterocycles. The second-order valence-corrected chi connectivity index (χ2v) is 6.59. The van der Waals surface area contributed by atoms with Gasteiger partial charge in [0, 0.05) is 20.2 Å². The molecule has 3 N–H and O–H groups in total. The second kappa shape index (κ2) is 5.80. The number of hydrogen-bond donors (Lipinski definition) is 2. The molecular formula is C15H28N2O2. The van der Waals surface area contributed by atoms with Crippen LogP contribution < -0.4 is 11.1 Å². The van der Waals surface area contributed by atoms with Gasteiger partial charge < -0.3 is 15.8 Å². The largest absolute Gasteiger partial charge is 0.376 e. The standard InChI is InChI=1S/C15H28N2O2/c1-12-4-8-14(10-16,9-5-12)13(18)17-11-15(19-2)6-3-7-15/h12H,3-11,16H2,1-2H3,(H,17,18). The quantitative estimate of drug-likeness (QED) is 0.799. The van der Waals surface area contributed by atoms with Crippen LogP contribution in [0, 0.1) is 11.3 Å². The number of amides is 1. The maximum Gasteiger partial charge on any atom is 0.227 e. The lowest BCUT2D eigenvalue weighted by atomic mass is 9.70. The van der Waals surface area contributed by atoms with Crippen LogP contribution in [0.5, 0.6) is 0 Å². The van der Waals surface area contributed by atoms with Crippen molar-refractivity contribution in [3.63, 3.8) is 0 Å². The van der Waals surface area contributed by atoms with Crippen molar-refractivity contribution in [3.8, 4) is 0 Å². The number of nitrogens with two attached hydrogens (primary N) is 1. The van der Waals surface area contributed by atoms with Crippen LogP contribution in [0.25, 0.3) is 0 Å². The summed E-state index contributed by atoms with van der Waals surface area (Å²) in [5.41, 5.74) is 5.48. The van der Waals surface area contributed by atoms with Gasteiger partial charge in [-0.1, -0.05) is 6.92 Å². The summed E-state index contributed by atoms with van der Waals surface area (Å²) in [4.78, 5) is 12.5. The molecule has 0 radical (unpaired) electrons. The number of ether oxygens (including phenoxy) is 1. The summed E-state index contributed by atoms with van der Waals surface area (Å²) < 4.78 is 5.55. The smallest absolute Gasteiger partial charge is 0.227 e. The number of hydrogen-bond acceptors (Lipinski definition) is 3. The molecule has 2 aliphatic rings. The Hall–Kier alpha value is -0.610. The first kappa shape index (κ1) is 14.8. The summed E-state index contributed by atoms with van der Waals surface area (Å²) in [6.45, 7) is 3.36. The average molecular weight is 268 g/mol. The highest BCUT2D eigenvalue weighted by molar-refractivity contribution is 5.83. The van der Waals surface area contributed by atoms with Crippen molar-refractivity contribution < 1.29 is 9.53 Å². The molecule has 0 atom stereocenters. The average Bonchev–Trinajstić information content (AvgIpc) is 2.39. The Morgan fingerprint density at radius 3 is 2.37 bits per heavy atom. The molecule has 0 aromatic carbocycles. The molecule has 2 rings (SSSR count). The van der Waals surface area contributed by atoms with E-state index in [0.29, 0.717) is 13.1 Å². The molecule has 0 unspecified atom stereocenters. The van der Waals surface area contributed by atoms with Crippen LogP contribution in [0.3, 0.4) is 0 Å². The topological polar surface area (TPSA) is 64.3 Å². The SMILES string of the molecule is COC1(CNC(=O)C2(CN)CCC(C)CC2)CCC1. The van der Waals surface area contributed by atoms with Crippen molar-refractivity contribution in [2.24, 2.45) is 17.1 Å². The van der Waals surface area contributed by atoms with Crippen molar-refractivity contribution in [2.45, 2.75) is 57.5 Å². The van der Waals surface area contributed by atoms with Gasteiger partial charge in [0.15, 0.2) is 0 Å². The van der Waals surface area contributed by atoms with Crippen LogP contribution in [0.15, 0.2) is 0 Å². The Balaban J connectivity index is 1.90. The van der Waals surface area contributed by atoms with Gasteiger partial charge >= 0.3 is 0 Å². The zero-order chi connectivity index (χ0) is 13.9. The van der Waals surface area contributed by atoms with E-state index in [1.54, 1.807) is 7.11 Å². The summed E-state index contributed by atoms with van der Waals surface area (Å²) in [7, 11) is 1.74. The molecule has 2 fully saturated rings. The third-order valence-corrected chi connectivity index (χ3v) is 5.37. The number of rotatable bonds is 5. The van der Waals surface area contributed by atoms with Gasteiger partial charge in [-0.05, 0) is 50.9 Å². The van der Waals surface area contributed by atoms with E-state index >= 15 is 0 Å². The third-order valence-electron chi connectivity index (χ3n) is 5.37. The van der Waals surface area contributed by atoms with Crippen LogP contribution in [0.2, 0.25) is 0 Å². The van der Waals surface area contributed by atoms with Crippen LogP contribution in [0.1, 0.15) is 51.9 Å². The zero-order valence-electron chi connectivity index (χ0n) is 12.3. The van der Waals surface area contributed by atoms with Crippen LogP contribution in [-0.4, -0.2) is 31.7 Å². The minimum absolute atomic E-state index is 0.104. The minimum atomic E-state index is -0.328. The lowest BCUT2D eigenvalue weighted by molar-refractivity contribution is -0.136. The van der Waals surface area contributed by atoms with Gasteiger partial charge in [0.2, 0.25) is 5.91 Å². The molecule has 0 aromatic heterocycles. The number of carbonyl (C=O) groups is 1. The van der Waals surface area contributed by atoms with Gasteiger partial charge in [0.1, 0.15) is 0 Å². The maximum absolute atomic E-state index is 12.5. The Morgan fingerprint density at radius 2 is 1.95 bits per heavy atom. The number of carbonyl (C=O) groups excluding carboxylic acids is 1. The van der Waals surface area contributed by atoms with Crippen molar-refractivity contribution in [3.05, 3.63) is 0 Å². The molecule has 2 aliphatic carbocycles. The van der Waals surface area contributed by atoms with Crippen LogP contribution in [0.4, 0.5) is 0 Å². The first-order chi connectivity index (χ1) is 9.06. The minimum Gasteiger partial charge on any atom is -0.376 e. The van der Waals surface area contributed by atoms with E-state index in [4.69, 9.17) is 10.5 Å². The Labute approximate surface area is 116 Å². The molecule has 0 spiro atoms. The lowest BCUT2D eigenvalue weighted by Gasteiger charge is -2.42. The first-order valence-electron chi connectivity index (χ1n) is 7.59. The van der Waals surface area contributed by atoms with E-state index in [0.717, 1.165) is 44.4 Å². The summed E-state index contributed by atoms with van der Waals surface area (Å²) in [6.07, 6.45) is 7.38. The summed E-state index contributed by atoms with van der Waals surface area (Å²) >= 11 is 0. The highest BCUT2D eigenvalue weighted by Crippen LogP contribution is 2.39. The van der Waals surface area contributed by atoms with Gasteiger partial charge in [-0.25, -0.2) is 0 Å². The predicted molar refractivity (Wildman–Crippen MR) is 75.7 cm³/mol. The van der Waals surface area contributed by atoms with E-state index < -0.39 is 0 Å². The van der Waals surface area contributed by atoms with E-state index in [-0.39, 0.29) is 16.9 Å². The first-order valence-corrected chi connectivity index (χ1v) is 7.59. The molecule has 4 nitrogen and oxygen atoms in total. The Kier molecular flexibility index (Phi) is 4.51. The molecule has 0 saturated heterocycles. The zero-order valence-corrected chi connectivity index (χ0v) is 12.3. The Morgan fingerprint density at radius 1 is 1.32 bits per heavy atom. The monoisotopic (exact) mass is 268 g/mol. The Bertz CT molecular complexity index is 313. The van der Waals surface area contributed by atoms with E-state index in [1.807, 2.05) is 0 Å².